The summed E-state index contributed by atoms with van der Waals surface area (Å²) in [5.41, 5.74) is 0.830. The second-order valence-electron chi connectivity index (χ2n) is 2.50. The van der Waals surface area contributed by atoms with Crippen LogP contribution >= 0.6 is 0 Å². The minimum atomic E-state index is -0.352. The van der Waals surface area contributed by atoms with E-state index in [1.807, 2.05) is 6.92 Å². The van der Waals surface area contributed by atoms with Crippen molar-refractivity contribution in [1.29, 1.82) is 0 Å². The quantitative estimate of drug-likeness (QED) is 0.466. The third-order valence-corrected chi connectivity index (χ3v) is 1.39. The van der Waals surface area contributed by atoms with E-state index < -0.39 is 0 Å². The average Bonchev–Trinajstić information content (AvgIpc) is 1.88. The molecule has 0 spiro atoms. The molecule has 1 N–H and O–H groups in total. The first-order valence-electron chi connectivity index (χ1n) is 3.51. The predicted molar refractivity (Wildman–Crippen MR) is 41.9 cm³/mol. The van der Waals surface area contributed by atoms with Gasteiger partial charge in [-0.15, -0.1) is 0 Å². The van der Waals surface area contributed by atoms with Gasteiger partial charge in [-0.3, -0.25) is 0 Å². The molecule has 0 amide bonds. The van der Waals surface area contributed by atoms with Crippen LogP contribution in [0, 0.1) is 0 Å². The molecule has 0 radical (unpaired) electrons. The van der Waals surface area contributed by atoms with Crippen molar-refractivity contribution in [3.8, 4) is 0 Å². The fourth-order valence-electron chi connectivity index (χ4n) is 0.667. The monoisotopic (exact) mass is 144 g/mol. The Hall–Kier alpha value is -0.340. The third kappa shape index (κ3) is 4.53. The molecule has 0 aliphatic heterocycles. The number of aliphatic hydroxyl groups is 1. The van der Waals surface area contributed by atoms with Gasteiger partial charge in [-0.25, -0.2) is 0 Å². The molecule has 0 bridgehead atoms. The van der Waals surface area contributed by atoms with Gasteiger partial charge in [0.25, 0.3) is 0 Å². The van der Waals surface area contributed by atoms with Crippen LogP contribution in [0.2, 0.25) is 0 Å². The van der Waals surface area contributed by atoms with E-state index in [0.717, 1.165) is 18.4 Å². The molecule has 10 heavy (non-hydrogen) atoms. The minimum Gasteiger partial charge on any atom is -0.389 e. The molecule has 0 aromatic carbocycles. The molecule has 0 heterocycles. The van der Waals surface area contributed by atoms with Crippen LogP contribution in [0.1, 0.15) is 19.8 Å². The van der Waals surface area contributed by atoms with Crippen molar-refractivity contribution in [2.45, 2.75) is 25.9 Å². The molecule has 0 saturated heterocycles. The Morgan fingerprint density at radius 2 is 2.30 bits per heavy atom. The van der Waals surface area contributed by atoms with E-state index in [0.29, 0.717) is 6.61 Å². The van der Waals surface area contributed by atoms with Crippen molar-refractivity contribution in [2.75, 3.05) is 13.7 Å². The third-order valence-electron chi connectivity index (χ3n) is 1.39. The Bertz CT molecular complexity index is 99.4. The molecule has 0 fully saturated rings. The Kier molecular flexibility index (Phi) is 5.26. The first-order chi connectivity index (χ1) is 4.68. The lowest BCUT2D eigenvalue weighted by Crippen LogP contribution is -2.07. The molecule has 2 nitrogen and oxygen atoms in total. The first kappa shape index (κ1) is 9.66. The van der Waals surface area contributed by atoms with Gasteiger partial charge < -0.3 is 9.84 Å². The first-order valence-corrected chi connectivity index (χ1v) is 3.51. The smallest absolute Gasteiger partial charge is 0.0745 e. The van der Waals surface area contributed by atoms with Gasteiger partial charge in [0.05, 0.1) is 6.10 Å². The summed E-state index contributed by atoms with van der Waals surface area (Å²) in [6.07, 6.45) is 1.29. The lowest BCUT2D eigenvalue weighted by Gasteiger charge is -2.08. The van der Waals surface area contributed by atoms with Gasteiger partial charge in [0.2, 0.25) is 0 Å². The molecule has 60 valence electrons. The summed E-state index contributed by atoms with van der Waals surface area (Å²) in [6, 6.07) is 0. The Morgan fingerprint density at radius 3 is 2.70 bits per heavy atom. The van der Waals surface area contributed by atoms with Gasteiger partial charge in [-0.05, 0) is 19.8 Å². The van der Waals surface area contributed by atoms with Crippen LogP contribution in [0.5, 0.6) is 0 Å². The van der Waals surface area contributed by atoms with Gasteiger partial charge in [-0.1, -0.05) is 12.2 Å². The van der Waals surface area contributed by atoms with Crippen LogP contribution < -0.4 is 0 Å². The van der Waals surface area contributed by atoms with Crippen molar-refractivity contribution in [2.24, 2.45) is 0 Å². The molecule has 0 aliphatic rings. The van der Waals surface area contributed by atoms with Crippen molar-refractivity contribution < 1.29 is 9.84 Å². The fourth-order valence-corrected chi connectivity index (χ4v) is 0.667. The van der Waals surface area contributed by atoms with Gasteiger partial charge >= 0.3 is 0 Å². The molecular weight excluding hydrogens is 128 g/mol. The predicted octanol–water partition coefficient (Wildman–Crippen LogP) is 1.35. The van der Waals surface area contributed by atoms with Crippen LogP contribution in [0.25, 0.3) is 0 Å². The minimum absolute atomic E-state index is 0.352. The van der Waals surface area contributed by atoms with Gasteiger partial charge in [-0.2, -0.15) is 0 Å². The Balaban J connectivity index is 3.21. The molecule has 1 atom stereocenters. The number of rotatable bonds is 5. The lowest BCUT2D eigenvalue weighted by molar-refractivity contribution is 0.155. The summed E-state index contributed by atoms with van der Waals surface area (Å²) in [4.78, 5) is 0. The maximum atomic E-state index is 9.20. The van der Waals surface area contributed by atoms with E-state index in [2.05, 4.69) is 6.58 Å². The highest BCUT2D eigenvalue weighted by Crippen LogP contribution is 2.04. The molecule has 0 saturated carbocycles. The highest BCUT2D eigenvalue weighted by Gasteiger charge is 2.02. The second kappa shape index (κ2) is 5.45. The lowest BCUT2D eigenvalue weighted by atomic mass is 10.1. The van der Waals surface area contributed by atoms with Crippen LogP contribution in [-0.2, 0) is 4.74 Å². The van der Waals surface area contributed by atoms with E-state index >= 15 is 0 Å². The van der Waals surface area contributed by atoms with Crippen molar-refractivity contribution >= 4 is 0 Å². The van der Waals surface area contributed by atoms with Gasteiger partial charge in [0.1, 0.15) is 0 Å². The van der Waals surface area contributed by atoms with Crippen molar-refractivity contribution in [3.05, 3.63) is 12.2 Å². The van der Waals surface area contributed by atoms with Crippen molar-refractivity contribution in [1.82, 2.24) is 0 Å². The van der Waals surface area contributed by atoms with E-state index in [4.69, 9.17) is 4.74 Å². The zero-order chi connectivity index (χ0) is 7.98. The van der Waals surface area contributed by atoms with Crippen LogP contribution in [0.15, 0.2) is 12.2 Å². The normalized spacial score (nSPS) is 13.1. The van der Waals surface area contributed by atoms with Crippen LogP contribution in [-0.4, -0.2) is 24.9 Å². The highest BCUT2D eigenvalue weighted by atomic mass is 16.5. The van der Waals surface area contributed by atoms with Crippen molar-refractivity contribution in [3.63, 3.8) is 0 Å². The second-order valence-corrected chi connectivity index (χ2v) is 2.50. The summed E-state index contributed by atoms with van der Waals surface area (Å²) in [5, 5.41) is 9.20. The summed E-state index contributed by atoms with van der Waals surface area (Å²) in [5.74, 6) is 0. The van der Waals surface area contributed by atoms with Crippen LogP contribution in [0.3, 0.4) is 0 Å². The number of aliphatic hydroxyl groups excluding tert-OH is 1. The molecular formula is C8H16O2. The van der Waals surface area contributed by atoms with E-state index in [-0.39, 0.29) is 6.10 Å². The van der Waals surface area contributed by atoms with Crippen LogP contribution in [0.4, 0.5) is 0 Å². The van der Waals surface area contributed by atoms with E-state index in [1.165, 1.54) is 0 Å². The SMILES string of the molecule is C=C(C)C(O)CCCOC. The zero-order valence-corrected chi connectivity index (χ0v) is 6.76. The number of ether oxygens (including phenoxy) is 1. The largest absolute Gasteiger partial charge is 0.389 e. The summed E-state index contributed by atoms with van der Waals surface area (Å²) >= 11 is 0. The standard InChI is InChI=1S/C8H16O2/c1-7(2)8(9)5-4-6-10-3/h8-9H,1,4-6H2,2-3H3. The Labute approximate surface area is 62.5 Å². The maximum Gasteiger partial charge on any atom is 0.0745 e. The molecule has 0 aromatic rings. The van der Waals surface area contributed by atoms with E-state index in [1.54, 1.807) is 7.11 Å². The molecule has 0 rings (SSSR count). The van der Waals surface area contributed by atoms with Gasteiger partial charge in [0, 0.05) is 13.7 Å². The number of methoxy groups -OCH3 is 1. The van der Waals surface area contributed by atoms with Gasteiger partial charge in [0.15, 0.2) is 0 Å². The topological polar surface area (TPSA) is 29.5 Å². The van der Waals surface area contributed by atoms with E-state index in [9.17, 15) is 5.11 Å². The average molecular weight is 144 g/mol. The highest BCUT2D eigenvalue weighted by molar-refractivity contribution is 4.96. The molecule has 1 unspecified atom stereocenters. The number of hydrogen-bond acceptors (Lipinski definition) is 2. The number of hydrogen-bond donors (Lipinski definition) is 1. The Morgan fingerprint density at radius 1 is 1.70 bits per heavy atom. The summed E-state index contributed by atoms with van der Waals surface area (Å²) < 4.78 is 4.83. The molecule has 0 aromatic heterocycles. The molecule has 0 aliphatic carbocycles. The summed E-state index contributed by atoms with van der Waals surface area (Å²) in [7, 11) is 1.66. The maximum absolute atomic E-state index is 9.20. The fraction of sp³-hybridized carbons (Fsp3) is 0.750. The summed E-state index contributed by atoms with van der Waals surface area (Å²) in [6.45, 7) is 6.19. The molecule has 2 heteroatoms. The zero-order valence-electron chi connectivity index (χ0n) is 6.76.